The second kappa shape index (κ2) is 7.15. The minimum absolute atomic E-state index is 0.115. The number of nitrogens with zero attached hydrogens (tertiary/aromatic N) is 2. The van der Waals surface area contributed by atoms with Crippen molar-refractivity contribution in [3.05, 3.63) is 38.3 Å². The van der Waals surface area contributed by atoms with E-state index in [0.717, 1.165) is 17.6 Å². The second-order valence-corrected chi connectivity index (χ2v) is 6.95. The Morgan fingerprint density at radius 2 is 2.05 bits per heavy atom. The third-order valence-electron chi connectivity index (χ3n) is 2.90. The Balaban J connectivity index is 2.66. The Morgan fingerprint density at radius 3 is 2.60 bits per heavy atom. The normalized spacial score (nSPS) is 11.9. The van der Waals surface area contributed by atoms with E-state index >= 15 is 0 Å². The van der Waals surface area contributed by atoms with Gasteiger partial charge >= 0.3 is 0 Å². The Bertz CT molecular complexity index is 475. The molecule has 0 fully saturated rings. The number of nitro groups is 1. The van der Waals surface area contributed by atoms with Crippen molar-refractivity contribution in [2.75, 3.05) is 27.2 Å². The molecule has 112 valence electrons. The summed E-state index contributed by atoms with van der Waals surface area (Å²) < 4.78 is 0.854. The molecule has 0 bridgehead atoms. The van der Waals surface area contributed by atoms with Crippen LogP contribution in [0.1, 0.15) is 19.4 Å². The maximum Gasteiger partial charge on any atom is 0.273 e. The van der Waals surface area contributed by atoms with Crippen LogP contribution in [-0.4, -0.2) is 37.0 Å². The zero-order valence-corrected chi connectivity index (χ0v) is 14.0. The van der Waals surface area contributed by atoms with Gasteiger partial charge in [0, 0.05) is 35.7 Å². The number of nitro benzene ring substituents is 1. The monoisotopic (exact) mass is 343 g/mol. The van der Waals surface area contributed by atoms with Crippen LogP contribution in [0.2, 0.25) is 0 Å². The number of rotatable bonds is 7. The van der Waals surface area contributed by atoms with Crippen molar-refractivity contribution in [2.24, 2.45) is 5.41 Å². The molecule has 5 nitrogen and oxygen atoms in total. The number of hydrogen-bond acceptors (Lipinski definition) is 4. The standard InChI is InChI=1S/C14H22BrN3O2/c1-14(2,10-17(3)4)9-16-8-11-7-12(15)5-6-13(11)18(19)20/h5-7,16H,8-10H2,1-4H3. The number of nitrogens with one attached hydrogen (secondary N) is 1. The molecule has 0 amide bonds. The van der Waals surface area contributed by atoms with E-state index in [1.165, 1.54) is 6.07 Å². The quantitative estimate of drug-likeness (QED) is 0.610. The molecule has 0 saturated heterocycles. The van der Waals surface area contributed by atoms with Crippen molar-refractivity contribution >= 4 is 21.6 Å². The van der Waals surface area contributed by atoms with Crippen LogP contribution in [0.3, 0.4) is 0 Å². The minimum atomic E-state index is -0.339. The molecule has 0 saturated carbocycles. The van der Waals surface area contributed by atoms with E-state index in [9.17, 15) is 10.1 Å². The molecule has 1 N–H and O–H groups in total. The molecule has 0 aromatic heterocycles. The fourth-order valence-corrected chi connectivity index (χ4v) is 2.73. The molecular weight excluding hydrogens is 322 g/mol. The summed E-state index contributed by atoms with van der Waals surface area (Å²) in [7, 11) is 4.09. The molecule has 1 aromatic carbocycles. The molecule has 1 rings (SSSR count). The molecule has 0 atom stereocenters. The molecule has 0 radical (unpaired) electrons. The summed E-state index contributed by atoms with van der Waals surface area (Å²) in [6.45, 7) is 6.60. The highest BCUT2D eigenvalue weighted by molar-refractivity contribution is 9.10. The summed E-state index contributed by atoms with van der Waals surface area (Å²) in [6.07, 6.45) is 0. The molecular formula is C14H22BrN3O2. The fraction of sp³-hybridized carbons (Fsp3) is 0.571. The molecule has 0 heterocycles. The first-order valence-electron chi connectivity index (χ1n) is 6.49. The van der Waals surface area contributed by atoms with Crippen molar-refractivity contribution in [3.8, 4) is 0 Å². The average molecular weight is 344 g/mol. The largest absolute Gasteiger partial charge is 0.312 e. The van der Waals surface area contributed by atoms with E-state index in [1.807, 2.05) is 14.1 Å². The summed E-state index contributed by atoms with van der Waals surface area (Å²) in [5.74, 6) is 0. The van der Waals surface area contributed by atoms with Crippen molar-refractivity contribution in [1.82, 2.24) is 10.2 Å². The lowest BCUT2D eigenvalue weighted by molar-refractivity contribution is -0.385. The van der Waals surface area contributed by atoms with Crippen LogP contribution < -0.4 is 5.32 Å². The molecule has 0 aliphatic carbocycles. The smallest absolute Gasteiger partial charge is 0.273 e. The van der Waals surface area contributed by atoms with Gasteiger partial charge in [-0.25, -0.2) is 0 Å². The summed E-state index contributed by atoms with van der Waals surface area (Å²) in [5, 5.41) is 14.3. The third kappa shape index (κ3) is 5.56. The predicted molar refractivity (Wildman–Crippen MR) is 84.8 cm³/mol. The lowest BCUT2D eigenvalue weighted by Gasteiger charge is -2.28. The van der Waals surface area contributed by atoms with Crippen molar-refractivity contribution in [2.45, 2.75) is 20.4 Å². The molecule has 20 heavy (non-hydrogen) atoms. The molecule has 0 spiro atoms. The lowest BCUT2D eigenvalue weighted by Crippen LogP contribution is -2.37. The van der Waals surface area contributed by atoms with Gasteiger partial charge in [0.2, 0.25) is 0 Å². The molecule has 0 unspecified atom stereocenters. The van der Waals surface area contributed by atoms with Gasteiger partial charge in [-0.05, 0) is 31.6 Å². The topological polar surface area (TPSA) is 58.4 Å². The van der Waals surface area contributed by atoms with E-state index in [4.69, 9.17) is 0 Å². The molecule has 6 heteroatoms. The first kappa shape index (κ1) is 17.1. The van der Waals surface area contributed by atoms with Gasteiger partial charge in [-0.3, -0.25) is 10.1 Å². The summed E-state index contributed by atoms with van der Waals surface area (Å²) in [5.41, 5.74) is 0.973. The molecule has 0 aliphatic heterocycles. The van der Waals surface area contributed by atoms with E-state index < -0.39 is 0 Å². The van der Waals surface area contributed by atoms with Gasteiger partial charge in [-0.15, -0.1) is 0 Å². The zero-order valence-electron chi connectivity index (χ0n) is 12.4. The highest BCUT2D eigenvalue weighted by atomic mass is 79.9. The van der Waals surface area contributed by atoms with Gasteiger partial charge in [0.05, 0.1) is 4.92 Å². The van der Waals surface area contributed by atoms with Crippen LogP contribution in [-0.2, 0) is 6.54 Å². The zero-order chi connectivity index (χ0) is 15.3. The Kier molecular flexibility index (Phi) is 6.10. The lowest BCUT2D eigenvalue weighted by atomic mass is 9.93. The summed E-state index contributed by atoms with van der Waals surface area (Å²) in [6, 6.07) is 5.02. The Morgan fingerprint density at radius 1 is 1.40 bits per heavy atom. The van der Waals surface area contributed by atoms with Gasteiger partial charge in [0.15, 0.2) is 0 Å². The SMILES string of the molecule is CN(C)CC(C)(C)CNCc1cc(Br)ccc1[N+](=O)[O-]. The van der Waals surface area contributed by atoms with E-state index in [2.05, 4.69) is 40.0 Å². The first-order chi connectivity index (χ1) is 9.21. The van der Waals surface area contributed by atoms with Crippen LogP contribution in [0.25, 0.3) is 0 Å². The van der Waals surface area contributed by atoms with Crippen molar-refractivity contribution in [1.29, 1.82) is 0 Å². The van der Waals surface area contributed by atoms with Crippen LogP contribution in [0.5, 0.6) is 0 Å². The second-order valence-electron chi connectivity index (χ2n) is 6.04. The maximum absolute atomic E-state index is 11.0. The number of halogens is 1. The highest BCUT2D eigenvalue weighted by Gasteiger charge is 2.19. The molecule has 1 aromatic rings. The van der Waals surface area contributed by atoms with Gasteiger partial charge in [-0.2, -0.15) is 0 Å². The first-order valence-corrected chi connectivity index (χ1v) is 7.29. The van der Waals surface area contributed by atoms with Crippen LogP contribution in [0.4, 0.5) is 5.69 Å². The maximum atomic E-state index is 11.0. The predicted octanol–water partition coefficient (Wildman–Crippen LogP) is 3.03. The van der Waals surface area contributed by atoms with E-state index in [0.29, 0.717) is 12.1 Å². The Hall–Kier alpha value is -0.980. The van der Waals surface area contributed by atoms with Gasteiger partial charge in [0.1, 0.15) is 0 Å². The number of hydrogen-bond donors (Lipinski definition) is 1. The Labute approximate surface area is 128 Å². The van der Waals surface area contributed by atoms with Gasteiger partial charge in [0.25, 0.3) is 5.69 Å². The van der Waals surface area contributed by atoms with Crippen molar-refractivity contribution in [3.63, 3.8) is 0 Å². The van der Waals surface area contributed by atoms with Crippen molar-refractivity contribution < 1.29 is 4.92 Å². The van der Waals surface area contributed by atoms with E-state index in [1.54, 1.807) is 12.1 Å². The van der Waals surface area contributed by atoms with E-state index in [-0.39, 0.29) is 16.0 Å². The van der Waals surface area contributed by atoms with Crippen LogP contribution in [0, 0.1) is 15.5 Å². The fourth-order valence-electron chi connectivity index (χ4n) is 2.32. The summed E-state index contributed by atoms with van der Waals surface area (Å²) in [4.78, 5) is 12.8. The number of benzene rings is 1. The summed E-state index contributed by atoms with van der Waals surface area (Å²) >= 11 is 3.35. The molecule has 0 aliphatic rings. The average Bonchev–Trinajstić information content (AvgIpc) is 2.26. The van der Waals surface area contributed by atoms with Crippen LogP contribution in [0.15, 0.2) is 22.7 Å². The highest BCUT2D eigenvalue weighted by Crippen LogP contribution is 2.23. The van der Waals surface area contributed by atoms with Gasteiger partial charge < -0.3 is 10.2 Å². The third-order valence-corrected chi connectivity index (χ3v) is 3.39. The van der Waals surface area contributed by atoms with Crippen LogP contribution >= 0.6 is 15.9 Å². The minimum Gasteiger partial charge on any atom is -0.312 e. The van der Waals surface area contributed by atoms with Gasteiger partial charge in [-0.1, -0.05) is 29.8 Å².